The van der Waals surface area contributed by atoms with Crippen LogP contribution in [-0.4, -0.2) is 8.07 Å². The highest BCUT2D eigenvalue weighted by molar-refractivity contribution is 7.01. The van der Waals surface area contributed by atoms with Gasteiger partial charge in [0.2, 0.25) is 0 Å². The monoisotopic (exact) mass is 555 g/mol. The van der Waals surface area contributed by atoms with Crippen LogP contribution in [0.15, 0.2) is 144 Å². The van der Waals surface area contributed by atoms with E-state index in [2.05, 4.69) is 158 Å². The van der Waals surface area contributed by atoms with E-state index in [0.717, 1.165) is 11.2 Å². The molecule has 0 aliphatic carbocycles. The van der Waals surface area contributed by atoms with Crippen LogP contribution in [0.2, 0.25) is 13.1 Å². The first-order valence-corrected chi connectivity index (χ1v) is 17.7. The molecule has 0 unspecified atom stereocenters. The Balaban J connectivity index is 1.50. The zero-order chi connectivity index (χ0) is 28.1. The molecule has 2 aliphatic rings. The van der Waals surface area contributed by atoms with E-state index in [0.29, 0.717) is 0 Å². The number of rotatable bonds is 1. The number of anilines is 3. The number of furan rings is 1. The number of benzene rings is 6. The van der Waals surface area contributed by atoms with Gasteiger partial charge in [-0.05, 0) is 75.1 Å². The highest BCUT2D eigenvalue weighted by Gasteiger charge is 2.54. The van der Waals surface area contributed by atoms with Crippen LogP contribution < -0.4 is 15.3 Å². The van der Waals surface area contributed by atoms with Gasteiger partial charge in [0.05, 0.1) is 16.8 Å². The Labute approximate surface area is 246 Å². The molecule has 0 saturated carbocycles. The lowest BCUT2D eigenvalue weighted by molar-refractivity contribution is 0.668. The summed E-state index contributed by atoms with van der Waals surface area (Å²) in [7, 11) is -2.10. The molecule has 6 aromatic carbocycles. The minimum Gasteiger partial charge on any atom is -0.456 e. The summed E-state index contributed by atoms with van der Waals surface area (Å²) in [6, 6.07) is 51.5. The summed E-state index contributed by atoms with van der Waals surface area (Å²) in [4.78, 5) is 2.45. The van der Waals surface area contributed by atoms with Crippen LogP contribution in [0.3, 0.4) is 0 Å². The fourth-order valence-corrected chi connectivity index (χ4v) is 11.1. The molecule has 1 aromatic heterocycles. The molecule has 1 spiro atoms. The molecule has 42 heavy (non-hydrogen) atoms. The third-order valence-electron chi connectivity index (χ3n) is 9.71. The van der Waals surface area contributed by atoms with Crippen molar-refractivity contribution in [3.05, 3.63) is 162 Å². The SMILES string of the molecule is C[Si]1(C)c2ccccc2C2(c3ccccc3N(c3ccccc3)c3ccccc32)c2cc3c(cc21)oc1ccccc13. The predicted octanol–water partition coefficient (Wildman–Crippen LogP) is 8.89. The molecule has 3 heteroatoms. The molecule has 0 radical (unpaired) electrons. The van der Waals surface area contributed by atoms with Gasteiger partial charge in [-0.25, -0.2) is 0 Å². The second-order valence-corrected chi connectivity index (χ2v) is 16.4. The van der Waals surface area contributed by atoms with E-state index in [1.807, 2.05) is 0 Å². The summed E-state index contributed by atoms with van der Waals surface area (Å²) >= 11 is 0. The number of hydrogen-bond donors (Lipinski definition) is 0. The molecule has 2 aliphatic heterocycles. The van der Waals surface area contributed by atoms with E-state index in [4.69, 9.17) is 4.42 Å². The van der Waals surface area contributed by atoms with Crippen LogP contribution in [0.4, 0.5) is 17.1 Å². The van der Waals surface area contributed by atoms with Crippen LogP contribution in [0.5, 0.6) is 0 Å². The smallest absolute Gasteiger partial charge is 0.135 e. The molecule has 3 heterocycles. The molecule has 0 bridgehead atoms. The molecular formula is C39H29NOSi. The van der Waals surface area contributed by atoms with Crippen molar-refractivity contribution in [3.8, 4) is 0 Å². The molecule has 0 saturated heterocycles. The molecule has 0 atom stereocenters. The third kappa shape index (κ3) is 2.88. The largest absolute Gasteiger partial charge is 0.456 e. The number of para-hydroxylation sites is 4. The van der Waals surface area contributed by atoms with Crippen molar-refractivity contribution < 1.29 is 4.42 Å². The zero-order valence-electron chi connectivity index (χ0n) is 23.6. The lowest BCUT2D eigenvalue weighted by Gasteiger charge is -2.52. The molecule has 0 fully saturated rings. The Morgan fingerprint density at radius 3 is 1.83 bits per heavy atom. The molecular weight excluding hydrogens is 527 g/mol. The lowest BCUT2D eigenvalue weighted by atomic mass is 9.62. The van der Waals surface area contributed by atoms with Gasteiger partial charge in [-0.1, -0.05) is 110 Å². The highest BCUT2D eigenvalue weighted by Crippen LogP contribution is 2.58. The van der Waals surface area contributed by atoms with Crippen molar-refractivity contribution in [2.45, 2.75) is 18.5 Å². The fraction of sp³-hybridized carbons (Fsp3) is 0.0769. The second-order valence-electron chi connectivity index (χ2n) is 12.1. The molecule has 0 amide bonds. The van der Waals surface area contributed by atoms with Gasteiger partial charge in [0.15, 0.2) is 0 Å². The minimum atomic E-state index is -2.10. The van der Waals surface area contributed by atoms with Crippen molar-refractivity contribution in [1.82, 2.24) is 0 Å². The molecule has 7 aromatic rings. The van der Waals surface area contributed by atoms with Crippen molar-refractivity contribution in [1.29, 1.82) is 0 Å². The van der Waals surface area contributed by atoms with Crippen molar-refractivity contribution >= 4 is 57.4 Å². The van der Waals surface area contributed by atoms with Crippen molar-refractivity contribution in [2.75, 3.05) is 4.90 Å². The number of fused-ring (bicyclic) bond motifs is 11. The first-order chi connectivity index (χ1) is 20.6. The van der Waals surface area contributed by atoms with E-state index >= 15 is 0 Å². The van der Waals surface area contributed by atoms with Gasteiger partial charge in [-0.15, -0.1) is 0 Å². The minimum absolute atomic E-state index is 0.473. The van der Waals surface area contributed by atoms with E-state index in [1.54, 1.807) is 0 Å². The van der Waals surface area contributed by atoms with Crippen LogP contribution in [0.25, 0.3) is 21.9 Å². The summed E-state index contributed by atoms with van der Waals surface area (Å²) in [5.74, 6) is 0. The van der Waals surface area contributed by atoms with Crippen LogP contribution in [0.1, 0.15) is 22.3 Å². The normalized spacial score (nSPS) is 15.7. The summed E-state index contributed by atoms with van der Waals surface area (Å²) < 4.78 is 6.50. The standard InChI is InChI=1S/C39H29NOSi/c1-42(2)37-23-13-9-19-31(37)39(32-24-28-27-16-6-12-22-35(27)41-36(28)25-38(32)42)29-17-7-10-20-33(29)40(26-14-4-3-5-15-26)34-21-11-8-18-30(34)39/h3-25H,1-2H3. The maximum Gasteiger partial charge on any atom is 0.135 e. The Morgan fingerprint density at radius 1 is 0.500 bits per heavy atom. The second kappa shape index (κ2) is 8.34. The topological polar surface area (TPSA) is 16.4 Å². The van der Waals surface area contributed by atoms with Crippen molar-refractivity contribution in [2.24, 2.45) is 0 Å². The molecule has 0 N–H and O–H groups in total. The van der Waals surface area contributed by atoms with Gasteiger partial charge in [0.25, 0.3) is 0 Å². The average Bonchev–Trinajstić information content (AvgIpc) is 3.41. The molecule has 200 valence electrons. The van der Waals surface area contributed by atoms with Gasteiger partial charge in [0.1, 0.15) is 19.2 Å². The zero-order valence-corrected chi connectivity index (χ0v) is 24.6. The number of hydrogen-bond acceptors (Lipinski definition) is 2. The van der Waals surface area contributed by atoms with Crippen molar-refractivity contribution in [3.63, 3.8) is 0 Å². The van der Waals surface area contributed by atoms with Crippen LogP contribution in [0, 0.1) is 0 Å². The van der Waals surface area contributed by atoms with E-state index < -0.39 is 13.5 Å². The molecule has 2 nitrogen and oxygen atoms in total. The van der Waals surface area contributed by atoms with E-state index in [1.165, 1.54) is 60.5 Å². The first-order valence-electron chi connectivity index (χ1n) is 14.7. The average molecular weight is 556 g/mol. The van der Waals surface area contributed by atoms with Gasteiger partial charge < -0.3 is 9.32 Å². The van der Waals surface area contributed by atoms with Gasteiger partial charge in [-0.3, -0.25) is 0 Å². The predicted molar refractivity (Wildman–Crippen MR) is 177 cm³/mol. The van der Waals surface area contributed by atoms with Gasteiger partial charge in [0, 0.05) is 16.5 Å². The first kappa shape index (κ1) is 23.8. The summed E-state index contributed by atoms with van der Waals surface area (Å²) in [6.45, 7) is 5.01. The van der Waals surface area contributed by atoms with Gasteiger partial charge >= 0.3 is 0 Å². The van der Waals surface area contributed by atoms with Crippen LogP contribution >= 0.6 is 0 Å². The Hall–Kier alpha value is -4.86. The van der Waals surface area contributed by atoms with E-state index in [-0.39, 0.29) is 0 Å². The molecule has 9 rings (SSSR count). The summed E-state index contributed by atoms with van der Waals surface area (Å²) in [6.07, 6.45) is 0. The van der Waals surface area contributed by atoms with E-state index in [9.17, 15) is 0 Å². The highest BCUT2D eigenvalue weighted by atomic mass is 28.3. The Morgan fingerprint density at radius 2 is 1.10 bits per heavy atom. The Bertz CT molecular complexity index is 2140. The lowest BCUT2D eigenvalue weighted by Crippen LogP contribution is -2.64. The van der Waals surface area contributed by atoms with Crippen LogP contribution in [-0.2, 0) is 5.41 Å². The number of nitrogens with zero attached hydrogens (tertiary/aromatic N) is 1. The quantitative estimate of drug-likeness (QED) is 0.188. The Kier molecular flexibility index (Phi) is 4.73. The fourth-order valence-electron chi connectivity index (χ4n) is 7.93. The maximum absolute atomic E-state index is 6.50. The summed E-state index contributed by atoms with van der Waals surface area (Å²) in [5.41, 5.74) is 10.5. The summed E-state index contributed by atoms with van der Waals surface area (Å²) in [5, 5.41) is 5.30. The maximum atomic E-state index is 6.50. The van der Waals surface area contributed by atoms with Gasteiger partial charge in [-0.2, -0.15) is 0 Å². The third-order valence-corrected chi connectivity index (χ3v) is 13.3.